The number of pyridine rings is 1. The SMILES string of the molecule is Nc1cnccc1NS(=O)(=O)C1CCCC1. The van der Waals surface area contributed by atoms with E-state index in [1.54, 1.807) is 6.07 Å². The van der Waals surface area contributed by atoms with Crippen LogP contribution in [-0.4, -0.2) is 18.7 Å². The van der Waals surface area contributed by atoms with E-state index in [1.165, 1.54) is 12.4 Å². The van der Waals surface area contributed by atoms with Crippen molar-refractivity contribution in [1.29, 1.82) is 0 Å². The Morgan fingerprint density at radius 3 is 2.69 bits per heavy atom. The van der Waals surface area contributed by atoms with Crippen molar-refractivity contribution in [1.82, 2.24) is 4.98 Å². The number of nitrogens with one attached hydrogen (secondary N) is 1. The van der Waals surface area contributed by atoms with Gasteiger partial charge in [-0.2, -0.15) is 0 Å². The van der Waals surface area contributed by atoms with E-state index in [9.17, 15) is 8.42 Å². The number of aromatic nitrogens is 1. The lowest BCUT2D eigenvalue weighted by atomic mass is 10.4. The van der Waals surface area contributed by atoms with E-state index in [2.05, 4.69) is 9.71 Å². The molecule has 0 aliphatic heterocycles. The van der Waals surface area contributed by atoms with Gasteiger partial charge in [0.05, 0.1) is 22.8 Å². The number of anilines is 2. The average molecular weight is 241 g/mol. The first-order valence-corrected chi connectivity index (χ1v) is 6.85. The molecule has 88 valence electrons. The molecule has 0 radical (unpaired) electrons. The van der Waals surface area contributed by atoms with Gasteiger partial charge in [-0.25, -0.2) is 8.42 Å². The molecule has 0 atom stereocenters. The van der Waals surface area contributed by atoms with E-state index in [1.807, 2.05) is 0 Å². The van der Waals surface area contributed by atoms with Crippen molar-refractivity contribution in [2.45, 2.75) is 30.9 Å². The Labute approximate surface area is 95.1 Å². The maximum absolute atomic E-state index is 12.0. The first-order chi connectivity index (χ1) is 7.59. The van der Waals surface area contributed by atoms with Gasteiger partial charge in [-0.15, -0.1) is 0 Å². The molecule has 0 spiro atoms. The molecule has 6 heteroatoms. The summed E-state index contributed by atoms with van der Waals surface area (Å²) < 4.78 is 26.5. The Kier molecular flexibility index (Phi) is 3.00. The molecular weight excluding hydrogens is 226 g/mol. The lowest BCUT2D eigenvalue weighted by Crippen LogP contribution is -2.25. The van der Waals surface area contributed by atoms with Gasteiger partial charge in [0.15, 0.2) is 0 Å². The average Bonchev–Trinajstić information content (AvgIpc) is 2.75. The number of rotatable bonds is 3. The third-order valence-electron chi connectivity index (χ3n) is 2.85. The summed E-state index contributed by atoms with van der Waals surface area (Å²) in [5.74, 6) is 0. The maximum Gasteiger partial charge on any atom is 0.235 e. The molecule has 1 fully saturated rings. The van der Waals surface area contributed by atoms with Crippen LogP contribution in [0.5, 0.6) is 0 Å². The topological polar surface area (TPSA) is 85.1 Å². The molecule has 1 saturated carbocycles. The lowest BCUT2D eigenvalue weighted by Gasteiger charge is -2.14. The Morgan fingerprint density at radius 2 is 2.06 bits per heavy atom. The molecule has 1 heterocycles. The van der Waals surface area contributed by atoms with Crippen LogP contribution >= 0.6 is 0 Å². The van der Waals surface area contributed by atoms with Crippen molar-refractivity contribution in [3.05, 3.63) is 18.5 Å². The highest BCUT2D eigenvalue weighted by molar-refractivity contribution is 7.93. The van der Waals surface area contributed by atoms with Crippen molar-refractivity contribution in [2.24, 2.45) is 0 Å². The Balaban J connectivity index is 2.18. The molecule has 0 bridgehead atoms. The molecule has 0 aromatic carbocycles. The molecule has 2 rings (SSSR count). The number of hydrogen-bond donors (Lipinski definition) is 2. The van der Waals surface area contributed by atoms with Crippen LogP contribution in [-0.2, 0) is 10.0 Å². The van der Waals surface area contributed by atoms with Gasteiger partial charge in [-0.1, -0.05) is 12.8 Å². The maximum atomic E-state index is 12.0. The summed E-state index contributed by atoms with van der Waals surface area (Å²) in [7, 11) is -3.29. The zero-order chi connectivity index (χ0) is 11.6. The number of nitrogens with two attached hydrogens (primary N) is 1. The van der Waals surface area contributed by atoms with Gasteiger partial charge in [0.25, 0.3) is 0 Å². The van der Waals surface area contributed by atoms with E-state index in [-0.39, 0.29) is 5.25 Å². The molecule has 0 unspecified atom stereocenters. The van der Waals surface area contributed by atoms with Crippen molar-refractivity contribution >= 4 is 21.4 Å². The minimum absolute atomic E-state index is 0.278. The largest absolute Gasteiger partial charge is 0.396 e. The Hall–Kier alpha value is -1.30. The monoisotopic (exact) mass is 241 g/mol. The Bertz CT molecular complexity index is 467. The minimum atomic E-state index is -3.29. The van der Waals surface area contributed by atoms with Crippen LogP contribution < -0.4 is 10.5 Å². The van der Waals surface area contributed by atoms with Gasteiger partial charge in [0.2, 0.25) is 10.0 Å². The van der Waals surface area contributed by atoms with Crippen LogP contribution in [0.25, 0.3) is 0 Å². The van der Waals surface area contributed by atoms with Crippen LogP contribution in [0.4, 0.5) is 11.4 Å². The second-order valence-corrected chi connectivity index (χ2v) is 5.98. The standard InChI is InChI=1S/C10H15N3O2S/c11-9-7-12-6-5-10(9)13-16(14,15)8-3-1-2-4-8/h5-8H,1-4,11H2,(H,12,13). The van der Waals surface area contributed by atoms with E-state index in [0.29, 0.717) is 11.4 Å². The van der Waals surface area contributed by atoms with Gasteiger partial charge < -0.3 is 5.73 Å². The van der Waals surface area contributed by atoms with Crippen molar-refractivity contribution in [3.63, 3.8) is 0 Å². The summed E-state index contributed by atoms with van der Waals surface area (Å²) in [5, 5.41) is -0.278. The quantitative estimate of drug-likeness (QED) is 0.836. The number of hydrogen-bond acceptors (Lipinski definition) is 4. The predicted octanol–water partition coefficient (Wildman–Crippen LogP) is 1.35. The van der Waals surface area contributed by atoms with Crippen LogP contribution in [0, 0.1) is 0 Å². The van der Waals surface area contributed by atoms with Gasteiger partial charge in [-0.05, 0) is 18.9 Å². The van der Waals surface area contributed by atoms with Crippen LogP contribution in [0.3, 0.4) is 0 Å². The zero-order valence-electron chi connectivity index (χ0n) is 8.89. The van der Waals surface area contributed by atoms with Crippen molar-refractivity contribution < 1.29 is 8.42 Å². The van der Waals surface area contributed by atoms with Crippen molar-refractivity contribution in [3.8, 4) is 0 Å². The second kappa shape index (κ2) is 4.29. The summed E-state index contributed by atoms with van der Waals surface area (Å²) in [6, 6.07) is 1.57. The number of nitrogens with zero attached hydrogens (tertiary/aromatic N) is 1. The molecule has 1 aliphatic rings. The summed E-state index contributed by atoms with van der Waals surface area (Å²) in [5.41, 5.74) is 6.41. The van der Waals surface area contributed by atoms with Gasteiger partial charge in [0, 0.05) is 6.20 Å². The molecule has 0 saturated heterocycles. The highest BCUT2D eigenvalue weighted by Gasteiger charge is 2.28. The highest BCUT2D eigenvalue weighted by atomic mass is 32.2. The summed E-state index contributed by atoms with van der Waals surface area (Å²) in [6.45, 7) is 0. The van der Waals surface area contributed by atoms with E-state index >= 15 is 0 Å². The van der Waals surface area contributed by atoms with Gasteiger partial charge in [0.1, 0.15) is 0 Å². The van der Waals surface area contributed by atoms with Crippen LogP contribution in [0.2, 0.25) is 0 Å². The molecule has 3 N–H and O–H groups in total. The zero-order valence-corrected chi connectivity index (χ0v) is 9.70. The molecule has 0 amide bonds. The van der Waals surface area contributed by atoms with E-state index in [0.717, 1.165) is 25.7 Å². The molecule has 16 heavy (non-hydrogen) atoms. The highest BCUT2D eigenvalue weighted by Crippen LogP contribution is 2.27. The normalized spacial score (nSPS) is 17.5. The third-order valence-corrected chi connectivity index (χ3v) is 4.70. The molecular formula is C10H15N3O2S. The van der Waals surface area contributed by atoms with Gasteiger partial charge >= 0.3 is 0 Å². The summed E-state index contributed by atoms with van der Waals surface area (Å²) >= 11 is 0. The fraction of sp³-hybridized carbons (Fsp3) is 0.500. The molecule has 1 aromatic rings. The fourth-order valence-electron chi connectivity index (χ4n) is 1.93. The third kappa shape index (κ3) is 2.27. The predicted molar refractivity (Wildman–Crippen MR) is 63.4 cm³/mol. The summed E-state index contributed by atoms with van der Waals surface area (Å²) in [6.07, 6.45) is 6.39. The summed E-state index contributed by atoms with van der Waals surface area (Å²) in [4.78, 5) is 3.81. The van der Waals surface area contributed by atoms with Gasteiger partial charge in [-0.3, -0.25) is 9.71 Å². The molecule has 5 nitrogen and oxygen atoms in total. The Morgan fingerprint density at radius 1 is 1.38 bits per heavy atom. The fourth-order valence-corrected chi connectivity index (χ4v) is 3.55. The molecule has 1 aromatic heterocycles. The number of sulfonamides is 1. The van der Waals surface area contributed by atoms with Crippen LogP contribution in [0.15, 0.2) is 18.5 Å². The van der Waals surface area contributed by atoms with Crippen molar-refractivity contribution in [2.75, 3.05) is 10.5 Å². The smallest absolute Gasteiger partial charge is 0.235 e. The minimum Gasteiger partial charge on any atom is -0.396 e. The van der Waals surface area contributed by atoms with E-state index < -0.39 is 10.0 Å². The lowest BCUT2D eigenvalue weighted by molar-refractivity contribution is 0.585. The second-order valence-electron chi connectivity index (χ2n) is 4.02. The first kappa shape index (κ1) is 11.2. The van der Waals surface area contributed by atoms with Crippen LogP contribution in [0.1, 0.15) is 25.7 Å². The van der Waals surface area contributed by atoms with E-state index in [4.69, 9.17) is 5.73 Å². The molecule has 1 aliphatic carbocycles. The first-order valence-electron chi connectivity index (χ1n) is 5.31. The number of nitrogen functional groups attached to an aromatic ring is 1.